The monoisotopic (exact) mass is 366 g/mol. The molecule has 0 spiro atoms. The second-order valence-electron chi connectivity index (χ2n) is 6.44. The molecule has 0 amide bonds. The summed E-state index contributed by atoms with van der Waals surface area (Å²) >= 11 is 0. The molecule has 8 nitrogen and oxygen atoms in total. The van der Waals surface area contributed by atoms with Crippen molar-refractivity contribution >= 4 is 10.0 Å². The molecule has 0 aliphatic heterocycles. The highest BCUT2D eigenvalue weighted by Crippen LogP contribution is 2.36. The highest BCUT2D eigenvalue weighted by molar-refractivity contribution is 7.89. The van der Waals surface area contributed by atoms with Gasteiger partial charge in [0, 0.05) is 19.7 Å². The highest BCUT2D eigenvalue weighted by Gasteiger charge is 2.36. The van der Waals surface area contributed by atoms with Crippen LogP contribution in [0.3, 0.4) is 0 Å². The van der Waals surface area contributed by atoms with Gasteiger partial charge in [0.1, 0.15) is 10.6 Å². The minimum atomic E-state index is -3.68. The van der Waals surface area contributed by atoms with Crippen molar-refractivity contribution in [3.8, 4) is 17.2 Å². The van der Waals surface area contributed by atoms with Crippen LogP contribution in [0.2, 0.25) is 0 Å². The third-order valence-electron chi connectivity index (χ3n) is 4.54. The van der Waals surface area contributed by atoms with E-state index in [0.717, 1.165) is 30.0 Å². The fourth-order valence-corrected chi connectivity index (χ4v) is 4.06. The Morgan fingerprint density at radius 3 is 2.56 bits per heavy atom. The zero-order chi connectivity index (χ0) is 18.2. The smallest absolute Gasteiger partial charge is 0.258 e. The van der Waals surface area contributed by atoms with Crippen LogP contribution in [0.1, 0.15) is 31.5 Å². The first kappa shape index (κ1) is 17.8. The number of methoxy groups -OCH3 is 1. The van der Waals surface area contributed by atoms with Crippen molar-refractivity contribution in [3.05, 3.63) is 24.0 Å². The zero-order valence-electron chi connectivity index (χ0n) is 14.5. The van der Waals surface area contributed by atoms with Crippen LogP contribution in [0.5, 0.6) is 5.75 Å². The summed E-state index contributed by atoms with van der Waals surface area (Å²) in [5.74, 6) is 0.959. The van der Waals surface area contributed by atoms with Crippen LogP contribution in [-0.4, -0.2) is 44.1 Å². The number of hydrogen-bond donors (Lipinski definition) is 1. The third kappa shape index (κ3) is 3.14. The standard InChI is InChI=1S/C16H22N4O4S/c1-20(2)25(21,22)13-10-11(6-7-12(13)23-3)14-18-15(19-24-14)16(17)8-4-5-9-16/h6-7,10H,4-5,8-9,17H2,1-3H3. The molecular weight excluding hydrogens is 344 g/mol. The van der Waals surface area contributed by atoms with Crippen molar-refractivity contribution in [3.63, 3.8) is 0 Å². The van der Waals surface area contributed by atoms with E-state index in [1.165, 1.54) is 27.3 Å². The Kier molecular flexibility index (Phi) is 4.56. The number of nitrogens with zero attached hydrogens (tertiary/aromatic N) is 3. The van der Waals surface area contributed by atoms with Crippen LogP contribution in [0.4, 0.5) is 0 Å². The van der Waals surface area contributed by atoms with E-state index in [-0.39, 0.29) is 16.5 Å². The first-order chi connectivity index (χ1) is 11.8. The van der Waals surface area contributed by atoms with Gasteiger partial charge in [-0.2, -0.15) is 4.98 Å². The lowest BCUT2D eigenvalue weighted by molar-refractivity contribution is 0.372. The van der Waals surface area contributed by atoms with Crippen molar-refractivity contribution in [2.75, 3.05) is 21.2 Å². The van der Waals surface area contributed by atoms with Crippen LogP contribution in [-0.2, 0) is 15.6 Å². The normalized spacial score (nSPS) is 17.2. The van der Waals surface area contributed by atoms with Crippen LogP contribution in [0.25, 0.3) is 11.5 Å². The molecule has 1 aromatic heterocycles. The molecule has 3 rings (SSSR count). The molecule has 0 bridgehead atoms. The van der Waals surface area contributed by atoms with E-state index in [2.05, 4.69) is 10.1 Å². The Labute approximate surface area is 147 Å². The van der Waals surface area contributed by atoms with Gasteiger partial charge in [0.05, 0.1) is 12.6 Å². The number of nitrogens with two attached hydrogens (primary N) is 1. The molecule has 1 fully saturated rings. The maximum Gasteiger partial charge on any atom is 0.258 e. The van der Waals surface area contributed by atoms with Gasteiger partial charge in [-0.25, -0.2) is 12.7 Å². The number of aromatic nitrogens is 2. The predicted molar refractivity (Wildman–Crippen MR) is 91.5 cm³/mol. The first-order valence-corrected chi connectivity index (χ1v) is 9.46. The summed E-state index contributed by atoms with van der Waals surface area (Å²) in [6.45, 7) is 0. The number of benzene rings is 1. The minimum absolute atomic E-state index is 0.0422. The van der Waals surface area contributed by atoms with Gasteiger partial charge in [-0.15, -0.1) is 0 Å². The highest BCUT2D eigenvalue weighted by atomic mass is 32.2. The summed E-state index contributed by atoms with van der Waals surface area (Å²) < 4.78 is 36.7. The van der Waals surface area contributed by atoms with Crippen molar-refractivity contribution in [2.45, 2.75) is 36.1 Å². The van der Waals surface area contributed by atoms with Gasteiger partial charge in [0.2, 0.25) is 10.0 Å². The van der Waals surface area contributed by atoms with Gasteiger partial charge in [0.25, 0.3) is 5.89 Å². The molecule has 1 aliphatic rings. The van der Waals surface area contributed by atoms with Gasteiger partial charge in [-0.3, -0.25) is 0 Å². The molecular formula is C16H22N4O4S. The topological polar surface area (TPSA) is 112 Å². The maximum absolute atomic E-state index is 12.5. The number of rotatable bonds is 5. The van der Waals surface area contributed by atoms with Gasteiger partial charge in [-0.1, -0.05) is 18.0 Å². The summed E-state index contributed by atoms with van der Waals surface area (Å²) in [5.41, 5.74) is 6.29. The molecule has 1 aliphatic carbocycles. The van der Waals surface area contributed by atoms with Crippen molar-refractivity contribution in [2.24, 2.45) is 5.73 Å². The summed E-state index contributed by atoms with van der Waals surface area (Å²) in [4.78, 5) is 4.45. The summed E-state index contributed by atoms with van der Waals surface area (Å²) in [6, 6.07) is 4.73. The van der Waals surface area contributed by atoms with E-state index in [1.54, 1.807) is 12.1 Å². The number of sulfonamides is 1. The minimum Gasteiger partial charge on any atom is -0.495 e. The molecule has 25 heavy (non-hydrogen) atoms. The fourth-order valence-electron chi connectivity index (χ4n) is 2.98. The Morgan fingerprint density at radius 1 is 1.28 bits per heavy atom. The summed E-state index contributed by atoms with van der Waals surface area (Å²) in [5, 5.41) is 4.01. The molecule has 2 aromatic rings. The van der Waals surface area contributed by atoms with E-state index in [0.29, 0.717) is 11.4 Å². The summed E-state index contributed by atoms with van der Waals surface area (Å²) in [7, 11) is 0.672. The van der Waals surface area contributed by atoms with E-state index in [9.17, 15) is 8.42 Å². The molecule has 0 unspecified atom stereocenters. The first-order valence-electron chi connectivity index (χ1n) is 8.02. The van der Waals surface area contributed by atoms with Crippen molar-refractivity contribution < 1.29 is 17.7 Å². The molecule has 1 heterocycles. The van der Waals surface area contributed by atoms with Crippen molar-refractivity contribution in [1.29, 1.82) is 0 Å². The van der Waals surface area contributed by atoms with E-state index in [1.807, 2.05) is 0 Å². The second-order valence-corrected chi connectivity index (χ2v) is 8.56. The Balaban J connectivity index is 2.03. The molecule has 0 atom stereocenters. The molecule has 0 saturated heterocycles. The average Bonchev–Trinajstić information content (AvgIpc) is 3.24. The Hall–Kier alpha value is -1.97. The van der Waals surface area contributed by atoms with Crippen LogP contribution < -0.4 is 10.5 Å². The lowest BCUT2D eigenvalue weighted by Crippen LogP contribution is -2.34. The van der Waals surface area contributed by atoms with Crippen LogP contribution >= 0.6 is 0 Å². The van der Waals surface area contributed by atoms with E-state index < -0.39 is 15.6 Å². The van der Waals surface area contributed by atoms with Gasteiger partial charge < -0.3 is 15.0 Å². The SMILES string of the molecule is COc1ccc(-c2nc(C3(N)CCCC3)no2)cc1S(=O)(=O)N(C)C. The Bertz CT molecular complexity index is 870. The van der Waals surface area contributed by atoms with Gasteiger partial charge in [0.15, 0.2) is 5.82 Å². The quantitative estimate of drug-likeness (QED) is 0.857. The van der Waals surface area contributed by atoms with Gasteiger partial charge >= 0.3 is 0 Å². The van der Waals surface area contributed by atoms with E-state index in [4.69, 9.17) is 15.0 Å². The lowest BCUT2D eigenvalue weighted by atomic mass is 9.99. The Morgan fingerprint density at radius 2 is 1.96 bits per heavy atom. The number of ether oxygens (including phenoxy) is 1. The molecule has 0 radical (unpaired) electrons. The van der Waals surface area contributed by atoms with Crippen LogP contribution in [0, 0.1) is 0 Å². The zero-order valence-corrected chi connectivity index (χ0v) is 15.3. The summed E-state index contributed by atoms with van der Waals surface area (Å²) in [6.07, 6.45) is 3.70. The molecule has 1 aromatic carbocycles. The molecule has 1 saturated carbocycles. The molecule has 136 valence electrons. The lowest BCUT2D eigenvalue weighted by Gasteiger charge is -2.17. The second kappa shape index (κ2) is 6.40. The molecule has 9 heteroatoms. The van der Waals surface area contributed by atoms with E-state index >= 15 is 0 Å². The predicted octanol–water partition coefficient (Wildman–Crippen LogP) is 1.72. The number of hydrogen-bond acceptors (Lipinski definition) is 7. The maximum atomic E-state index is 12.5. The average molecular weight is 366 g/mol. The third-order valence-corrected chi connectivity index (χ3v) is 6.37. The largest absolute Gasteiger partial charge is 0.495 e. The fraction of sp³-hybridized carbons (Fsp3) is 0.500. The van der Waals surface area contributed by atoms with Crippen molar-refractivity contribution in [1.82, 2.24) is 14.4 Å². The van der Waals surface area contributed by atoms with Gasteiger partial charge in [-0.05, 0) is 31.0 Å². The van der Waals surface area contributed by atoms with Crippen LogP contribution in [0.15, 0.2) is 27.6 Å². The molecule has 2 N–H and O–H groups in total.